The molecule has 1 saturated heterocycles. The average Bonchev–Trinajstić information content (AvgIpc) is 3.55. The van der Waals surface area contributed by atoms with Gasteiger partial charge in [0.15, 0.2) is 5.82 Å². The second-order valence-electron chi connectivity index (χ2n) is 8.26. The number of hydrogen-bond donors (Lipinski definition) is 0. The Morgan fingerprint density at radius 2 is 1.97 bits per heavy atom. The Bertz CT molecular complexity index is 1240. The molecule has 1 amide bonds. The summed E-state index contributed by atoms with van der Waals surface area (Å²) in [6.07, 6.45) is -0.659. The lowest BCUT2D eigenvalue weighted by atomic mass is 10.0. The van der Waals surface area contributed by atoms with Gasteiger partial charge in [-0.25, -0.2) is 9.48 Å². The van der Waals surface area contributed by atoms with Crippen molar-refractivity contribution in [2.75, 3.05) is 13.1 Å². The number of nitrogens with zero attached hydrogens (tertiary/aromatic N) is 6. The molecule has 174 valence electrons. The Balaban J connectivity index is 1.39. The molecular weight excluding hydrogens is 441 g/mol. The maximum Gasteiger partial charge on any atom is 0.416 e. The molecule has 4 heterocycles. The normalized spacial score (nSPS) is 18.5. The molecule has 2 aliphatic rings. The summed E-state index contributed by atoms with van der Waals surface area (Å²) in [7, 11) is 0. The largest absolute Gasteiger partial charge is 0.416 e. The van der Waals surface area contributed by atoms with Crippen molar-refractivity contribution in [3.63, 3.8) is 0 Å². The number of amides is 1. The minimum Gasteiger partial charge on any atom is -0.341 e. The van der Waals surface area contributed by atoms with Crippen LogP contribution < -0.4 is 5.69 Å². The summed E-state index contributed by atoms with van der Waals surface area (Å²) < 4.78 is 46.7. The number of carbonyl (C=O) groups is 1. The Morgan fingerprint density at radius 3 is 2.73 bits per heavy atom. The zero-order valence-electron chi connectivity index (χ0n) is 17.6. The first kappa shape index (κ1) is 21.4. The van der Waals surface area contributed by atoms with Crippen LogP contribution in [-0.2, 0) is 23.9 Å². The van der Waals surface area contributed by atoms with Gasteiger partial charge in [-0.15, -0.1) is 0 Å². The first-order valence-electron chi connectivity index (χ1n) is 10.8. The fourth-order valence-electron chi connectivity index (χ4n) is 4.41. The van der Waals surface area contributed by atoms with Crippen molar-refractivity contribution >= 4 is 5.91 Å². The van der Waals surface area contributed by atoms with Crippen LogP contribution in [0.15, 0.2) is 33.6 Å². The van der Waals surface area contributed by atoms with Crippen molar-refractivity contribution in [1.82, 2.24) is 29.4 Å². The third-order valence-electron chi connectivity index (χ3n) is 6.03. The Kier molecular flexibility index (Phi) is 5.29. The number of aryl methyl sites for hydroxylation is 1. The van der Waals surface area contributed by atoms with Crippen LogP contribution in [0.5, 0.6) is 0 Å². The van der Waals surface area contributed by atoms with Crippen molar-refractivity contribution in [3.05, 3.63) is 52.0 Å². The van der Waals surface area contributed by atoms with Crippen LogP contribution >= 0.6 is 0 Å². The van der Waals surface area contributed by atoms with E-state index in [0.29, 0.717) is 31.8 Å². The SMILES string of the molecule is O=C(C1CCCc2nn(Cc3noc(-c4cccc(C(F)(F)F)c4)n3)c(=O)n21)N1CCCC1. The van der Waals surface area contributed by atoms with Crippen LogP contribution in [0.1, 0.15) is 48.9 Å². The van der Waals surface area contributed by atoms with Gasteiger partial charge in [0.05, 0.1) is 5.56 Å². The Labute approximate surface area is 185 Å². The van der Waals surface area contributed by atoms with Gasteiger partial charge in [-0.05, 0) is 43.9 Å². The molecule has 0 N–H and O–H groups in total. The fraction of sp³-hybridized carbons (Fsp3) is 0.476. The molecule has 0 aliphatic carbocycles. The predicted octanol–water partition coefficient (Wildman–Crippen LogP) is 2.66. The molecule has 1 atom stereocenters. The van der Waals surface area contributed by atoms with E-state index in [0.717, 1.165) is 31.4 Å². The van der Waals surface area contributed by atoms with E-state index in [-0.39, 0.29) is 29.7 Å². The lowest BCUT2D eigenvalue weighted by Gasteiger charge is -2.27. The highest BCUT2D eigenvalue weighted by molar-refractivity contribution is 5.80. The number of rotatable bonds is 4. The number of hydrogen-bond acceptors (Lipinski definition) is 6. The molecule has 3 aromatic rings. The van der Waals surface area contributed by atoms with Gasteiger partial charge < -0.3 is 9.42 Å². The van der Waals surface area contributed by atoms with Crippen LogP contribution in [0.2, 0.25) is 0 Å². The lowest BCUT2D eigenvalue weighted by molar-refractivity contribution is -0.137. The van der Waals surface area contributed by atoms with E-state index in [1.165, 1.54) is 21.4 Å². The van der Waals surface area contributed by atoms with Gasteiger partial charge in [-0.1, -0.05) is 11.2 Å². The summed E-state index contributed by atoms with van der Waals surface area (Å²) in [6.45, 7) is 1.29. The zero-order valence-corrected chi connectivity index (χ0v) is 17.6. The summed E-state index contributed by atoms with van der Waals surface area (Å²) in [5.74, 6) is 0.490. The van der Waals surface area contributed by atoms with Crippen LogP contribution in [0.3, 0.4) is 0 Å². The second kappa shape index (κ2) is 8.16. The highest BCUT2D eigenvalue weighted by atomic mass is 19.4. The van der Waals surface area contributed by atoms with Crippen molar-refractivity contribution in [3.8, 4) is 11.5 Å². The monoisotopic (exact) mass is 462 g/mol. The summed E-state index contributed by atoms with van der Waals surface area (Å²) in [4.78, 5) is 31.9. The van der Waals surface area contributed by atoms with E-state index in [4.69, 9.17) is 4.52 Å². The summed E-state index contributed by atoms with van der Waals surface area (Å²) >= 11 is 0. The Morgan fingerprint density at radius 1 is 1.18 bits per heavy atom. The maximum absolute atomic E-state index is 13.1. The standard InChI is InChI=1S/C21H21F3N6O3/c22-21(23,24)14-6-3-5-13(11-14)18-25-16(27-33-18)12-29-20(32)30-15(7-4-8-17(30)26-29)19(31)28-9-1-2-10-28/h3,5-6,11,15H,1-2,4,7-10,12H2. The number of likely N-dealkylation sites (tertiary alicyclic amines) is 1. The summed E-state index contributed by atoms with van der Waals surface area (Å²) in [5.41, 5.74) is -1.14. The number of benzene rings is 1. The van der Waals surface area contributed by atoms with Crippen LogP contribution in [0.25, 0.3) is 11.5 Å². The van der Waals surface area contributed by atoms with Gasteiger partial charge >= 0.3 is 11.9 Å². The van der Waals surface area contributed by atoms with Gasteiger partial charge in [0, 0.05) is 25.1 Å². The van der Waals surface area contributed by atoms with Crippen molar-refractivity contribution in [2.45, 2.75) is 50.9 Å². The second-order valence-corrected chi connectivity index (χ2v) is 8.26. The summed E-state index contributed by atoms with van der Waals surface area (Å²) in [5, 5.41) is 8.15. The number of alkyl halides is 3. The molecule has 1 fully saturated rings. The van der Waals surface area contributed by atoms with E-state index >= 15 is 0 Å². The first-order chi connectivity index (χ1) is 15.8. The van der Waals surface area contributed by atoms with E-state index in [1.807, 2.05) is 0 Å². The third kappa shape index (κ3) is 4.05. The van der Waals surface area contributed by atoms with Crippen LogP contribution in [0.4, 0.5) is 13.2 Å². The average molecular weight is 462 g/mol. The molecule has 0 bridgehead atoms. The first-order valence-corrected chi connectivity index (χ1v) is 10.8. The highest BCUT2D eigenvalue weighted by Crippen LogP contribution is 2.32. The lowest BCUT2D eigenvalue weighted by Crippen LogP contribution is -2.41. The predicted molar refractivity (Wildman–Crippen MR) is 108 cm³/mol. The van der Waals surface area contributed by atoms with Crippen molar-refractivity contribution in [2.24, 2.45) is 0 Å². The van der Waals surface area contributed by atoms with Gasteiger partial charge in [0.2, 0.25) is 5.91 Å². The third-order valence-corrected chi connectivity index (χ3v) is 6.03. The maximum atomic E-state index is 13.1. The molecule has 0 saturated carbocycles. The molecule has 0 spiro atoms. The molecule has 9 nitrogen and oxygen atoms in total. The van der Waals surface area contributed by atoms with Gasteiger partial charge in [0.1, 0.15) is 18.4 Å². The number of carbonyl (C=O) groups excluding carboxylic acids is 1. The molecule has 5 rings (SSSR count). The topological polar surface area (TPSA) is 99.0 Å². The molecule has 1 unspecified atom stereocenters. The molecule has 2 aliphatic heterocycles. The molecule has 33 heavy (non-hydrogen) atoms. The molecule has 1 aromatic carbocycles. The minimum absolute atomic E-state index is 0.0542. The van der Waals surface area contributed by atoms with Crippen molar-refractivity contribution < 1.29 is 22.5 Å². The molecule has 12 heteroatoms. The molecule has 0 radical (unpaired) electrons. The zero-order chi connectivity index (χ0) is 23.2. The Hall–Kier alpha value is -3.44. The van der Waals surface area contributed by atoms with Gasteiger partial charge in [-0.2, -0.15) is 23.3 Å². The van der Waals surface area contributed by atoms with E-state index in [2.05, 4.69) is 15.2 Å². The molecule has 2 aromatic heterocycles. The van der Waals surface area contributed by atoms with E-state index < -0.39 is 23.5 Å². The van der Waals surface area contributed by atoms with Crippen LogP contribution in [0, 0.1) is 0 Å². The minimum atomic E-state index is -4.50. The molecular formula is C21H21F3N6O3. The smallest absolute Gasteiger partial charge is 0.341 e. The number of aromatic nitrogens is 5. The number of halogens is 3. The highest BCUT2D eigenvalue weighted by Gasteiger charge is 2.34. The van der Waals surface area contributed by atoms with Crippen LogP contribution in [-0.4, -0.2) is 48.4 Å². The summed E-state index contributed by atoms with van der Waals surface area (Å²) in [6, 6.07) is 4.00. The number of fused-ring (bicyclic) bond motifs is 1. The quantitative estimate of drug-likeness (QED) is 0.591. The van der Waals surface area contributed by atoms with Crippen molar-refractivity contribution in [1.29, 1.82) is 0 Å². The van der Waals surface area contributed by atoms with Gasteiger partial charge in [0.25, 0.3) is 5.89 Å². The van der Waals surface area contributed by atoms with E-state index in [1.54, 1.807) is 4.90 Å². The van der Waals surface area contributed by atoms with E-state index in [9.17, 15) is 22.8 Å². The fourth-order valence-corrected chi connectivity index (χ4v) is 4.41. The van der Waals surface area contributed by atoms with Gasteiger partial charge in [-0.3, -0.25) is 9.36 Å².